The molecule has 0 aliphatic heterocycles. The molecule has 150 valence electrons. The molecule has 0 aromatic heterocycles. The van der Waals surface area contributed by atoms with Crippen molar-refractivity contribution in [1.29, 1.82) is 0 Å². The third-order valence-electron chi connectivity index (χ3n) is 4.12. The second-order valence-electron chi connectivity index (χ2n) is 6.06. The van der Waals surface area contributed by atoms with E-state index in [1.165, 1.54) is 21.3 Å². The molecule has 7 heteroatoms. The second-order valence-corrected chi connectivity index (χ2v) is 6.47. The van der Waals surface area contributed by atoms with Crippen molar-refractivity contribution in [2.24, 2.45) is 0 Å². The average molecular weight is 406 g/mol. The number of hydrogen-bond donors (Lipinski definition) is 0. The first-order valence-corrected chi connectivity index (χ1v) is 8.81. The SMILES string of the molecule is COc1ccc(C=C(Cl)C(=O)c2cc(OC)c(OC)c(OC)c2)cc1N(C)C. The van der Waals surface area contributed by atoms with Crippen LogP contribution in [-0.4, -0.2) is 48.3 Å². The van der Waals surface area contributed by atoms with Gasteiger partial charge in [-0.05, 0) is 35.9 Å². The fourth-order valence-corrected chi connectivity index (χ4v) is 2.94. The molecule has 0 heterocycles. The van der Waals surface area contributed by atoms with Gasteiger partial charge in [0.2, 0.25) is 11.5 Å². The zero-order chi connectivity index (χ0) is 20.8. The van der Waals surface area contributed by atoms with Crippen molar-refractivity contribution in [2.45, 2.75) is 0 Å². The summed E-state index contributed by atoms with van der Waals surface area (Å²) in [6.07, 6.45) is 1.61. The van der Waals surface area contributed by atoms with Gasteiger partial charge in [-0.1, -0.05) is 17.7 Å². The van der Waals surface area contributed by atoms with E-state index in [-0.39, 0.29) is 10.8 Å². The Bertz CT molecular complexity index is 867. The van der Waals surface area contributed by atoms with E-state index in [9.17, 15) is 4.79 Å². The molecule has 0 aliphatic carbocycles. The van der Waals surface area contributed by atoms with Crippen LogP contribution in [0.15, 0.2) is 35.4 Å². The molecular formula is C21H24ClNO5. The molecule has 0 saturated heterocycles. The summed E-state index contributed by atoms with van der Waals surface area (Å²) in [4.78, 5) is 14.8. The van der Waals surface area contributed by atoms with Crippen LogP contribution in [0.1, 0.15) is 15.9 Å². The smallest absolute Gasteiger partial charge is 0.204 e. The zero-order valence-electron chi connectivity index (χ0n) is 16.8. The molecule has 2 aromatic carbocycles. The van der Waals surface area contributed by atoms with Crippen LogP contribution in [-0.2, 0) is 0 Å². The van der Waals surface area contributed by atoms with Crippen LogP contribution in [0, 0.1) is 0 Å². The van der Waals surface area contributed by atoms with Gasteiger partial charge in [0.25, 0.3) is 0 Å². The quantitative estimate of drug-likeness (QED) is 0.483. The Morgan fingerprint density at radius 3 is 1.93 bits per heavy atom. The summed E-state index contributed by atoms with van der Waals surface area (Å²) in [5, 5.41) is 0.0594. The van der Waals surface area contributed by atoms with Gasteiger partial charge >= 0.3 is 0 Å². The van der Waals surface area contributed by atoms with Crippen LogP contribution < -0.4 is 23.8 Å². The van der Waals surface area contributed by atoms with Crippen molar-refractivity contribution in [2.75, 3.05) is 47.4 Å². The normalized spacial score (nSPS) is 11.0. The number of nitrogens with zero attached hydrogens (tertiary/aromatic N) is 1. The van der Waals surface area contributed by atoms with E-state index < -0.39 is 0 Å². The van der Waals surface area contributed by atoms with Crippen LogP contribution in [0.2, 0.25) is 0 Å². The summed E-state index contributed by atoms with van der Waals surface area (Å²) < 4.78 is 21.2. The predicted octanol–water partition coefficient (Wildman–Crippen LogP) is 4.25. The molecule has 0 amide bonds. The molecule has 0 unspecified atom stereocenters. The number of carbonyl (C=O) groups is 1. The van der Waals surface area contributed by atoms with Gasteiger partial charge < -0.3 is 23.8 Å². The first kappa shape index (κ1) is 21.4. The number of carbonyl (C=O) groups excluding carboxylic acids is 1. The monoisotopic (exact) mass is 405 g/mol. The lowest BCUT2D eigenvalue weighted by molar-refractivity contribution is 0.104. The van der Waals surface area contributed by atoms with Crippen LogP contribution in [0.4, 0.5) is 5.69 Å². The summed E-state index contributed by atoms with van der Waals surface area (Å²) in [7, 11) is 9.91. The molecule has 0 saturated carbocycles. The Labute approximate surface area is 170 Å². The minimum absolute atomic E-state index is 0.0594. The fourth-order valence-electron chi connectivity index (χ4n) is 2.71. The number of ketones is 1. The van der Waals surface area contributed by atoms with E-state index in [1.807, 2.05) is 37.2 Å². The van der Waals surface area contributed by atoms with Crippen LogP contribution >= 0.6 is 11.6 Å². The van der Waals surface area contributed by atoms with E-state index in [2.05, 4.69) is 0 Å². The van der Waals surface area contributed by atoms with E-state index in [0.717, 1.165) is 17.0 Å². The minimum atomic E-state index is -0.358. The number of anilines is 1. The van der Waals surface area contributed by atoms with E-state index >= 15 is 0 Å². The van der Waals surface area contributed by atoms with Gasteiger partial charge in [0.05, 0.1) is 39.2 Å². The highest BCUT2D eigenvalue weighted by Crippen LogP contribution is 2.39. The van der Waals surface area contributed by atoms with Crippen molar-refractivity contribution in [3.05, 3.63) is 46.5 Å². The Hall–Kier alpha value is -2.86. The van der Waals surface area contributed by atoms with Crippen molar-refractivity contribution in [3.8, 4) is 23.0 Å². The highest BCUT2D eigenvalue weighted by Gasteiger charge is 2.19. The first-order valence-electron chi connectivity index (χ1n) is 8.43. The number of halogens is 1. The summed E-state index contributed by atoms with van der Waals surface area (Å²) in [5.74, 6) is 1.55. The maximum Gasteiger partial charge on any atom is 0.204 e. The fraction of sp³-hybridized carbons (Fsp3) is 0.286. The van der Waals surface area contributed by atoms with Gasteiger partial charge in [0.1, 0.15) is 5.75 Å². The minimum Gasteiger partial charge on any atom is -0.495 e. The van der Waals surface area contributed by atoms with Crippen molar-refractivity contribution >= 4 is 29.1 Å². The summed E-state index contributed by atoms with van der Waals surface area (Å²) in [5.41, 5.74) is 1.98. The van der Waals surface area contributed by atoms with Gasteiger partial charge in [0, 0.05) is 19.7 Å². The first-order chi connectivity index (χ1) is 13.4. The van der Waals surface area contributed by atoms with Crippen LogP contribution in [0.5, 0.6) is 23.0 Å². The number of methoxy groups -OCH3 is 4. The number of Topliss-reactive ketones (excluding diaryl/α,β-unsaturated/α-hetero) is 1. The molecule has 0 spiro atoms. The maximum atomic E-state index is 12.8. The molecule has 0 bridgehead atoms. The summed E-state index contributed by atoms with van der Waals surface area (Å²) >= 11 is 6.32. The van der Waals surface area contributed by atoms with Crippen LogP contribution in [0.25, 0.3) is 6.08 Å². The lowest BCUT2D eigenvalue weighted by Gasteiger charge is -2.17. The Kier molecular flexibility index (Phi) is 7.18. The highest BCUT2D eigenvalue weighted by atomic mass is 35.5. The third kappa shape index (κ3) is 4.51. The predicted molar refractivity (Wildman–Crippen MR) is 112 cm³/mol. The summed E-state index contributed by atoms with van der Waals surface area (Å²) in [6, 6.07) is 8.69. The number of benzene rings is 2. The molecule has 0 fully saturated rings. The number of ether oxygens (including phenoxy) is 4. The topological polar surface area (TPSA) is 57.2 Å². The van der Waals surface area contributed by atoms with Crippen LogP contribution in [0.3, 0.4) is 0 Å². The molecule has 0 atom stereocenters. The number of hydrogen-bond acceptors (Lipinski definition) is 6. The Morgan fingerprint density at radius 2 is 1.46 bits per heavy atom. The number of allylic oxidation sites excluding steroid dienone is 1. The van der Waals surface area contributed by atoms with Gasteiger partial charge in [-0.3, -0.25) is 4.79 Å². The van der Waals surface area contributed by atoms with Gasteiger partial charge in [-0.2, -0.15) is 0 Å². The largest absolute Gasteiger partial charge is 0.495 e. The van der Waals surface area contributed by atoms with Gasteiger partial charge in [-0.25, -0.2) is 0 Å². The Balaban J connectivity index is 2.43. The lowest BCUT2D eigenvalue weighted by atomic mass is 10.1. The number of rotatable bonds is 8. The van der Waals surface area contributed by atoms with E-state index in [1.54, 1.807) is 25.3 Å². The molecule has 6 nitrogen and oxygen atoms in total. The van der Waals surface area contributed by atoms with Crippen molar-refractivity contribution in [1.82, 2.24) is 0 Å². The molecule has 2 aromatic rings. The average Bonchev–Trinajstić information content (AvgIpc) is 2.71. The molecule has 0 N–H and O–H groups in total. The molecule has 2 rings (SSSR count). The second kappa shape index (κ2) is 9.37. The standard InChI is InChI=1S/C21H24ClNO5/c1-23(2)16-10-13(7-8-17(16)25-3)9-15(22)20(24)14-11-18(26-4)21(28-6)19(12-14)27-5/h7-12H,1-6H3. The lowest BCUT2D eigenvalue weighted by Crippen LogP contribution is -2.10. The molecular weight excluding hydrogens is 382 g/mol. The van der Waals surface area contributed by atoms with Crippen molar-refractivity contribution in [3.63, 3.8) is 0 Å². The van der Waals surface area contributed by atoms with E-state index in [4.69, 9.17) is 30.5 Å². The van der Waals surface area contributed by atoms with Crippen molar-refractivity contribution < 1.29 is 23.7 Å². The molecule has 0 aliphatic rings. The molecule has 0 radical (unpaired) electrons. The zero-order valence-corrected chi connectivity index (χ0v) is 17.6. The van der Waals surface area contributed by atoms with Gasteiger partial charge in [0.15, 0.2) is 11.5 Å². The maximum absolute atomic E-state index is 12.8. The third-order valence-corrected chi connectivity index (χ3v) is 4.40. The summed E-state index contributed by atoms with van der Waals surface area (Å²) in [6.45, 7) is 0. The van der Waals surface area contributed by atoms with Gasteiger partial charge in [-0.15, -0.1) is 0 Å². The highest BCUT2D eigenvalue weighted by molar-refractivity contribution is 6.47. The van der Waals surface area contributed by atoms with E-state index in [0.29, 0.717) is 22.8 Å². The molecule has 28 heavy (non-hydrogen) atoms. The Morgan fingerprint density at radius 1 is 0.893 bits per heavy atom.